The number of aryl methyl sites for hydroxylation is 1. The molecule has 0 amide bonds. The zero-order valence-electron chi connectivity index (χ0n) is 9.31. The molecule has 0 saturated heterocycles. The van der Waals surface area contributed by atoms with Crippen molar-refractivity contribution in [3.63, 3.8) is 0 Å². The number of benzene rings is 1. The molecular weight excluding hydrogens is 214 g/mol. The van der Waals surface area contributed by atoms with Gasteiger partial charge in [-0.2, -0.15) is 0 Å². The quantitative estimate of drug-likeness (QED) is 0.658. The van der Waals surface area contributed by atoms with Crippen LogP contribution in [-0.4, -0.2) is 19.5 Å². The molecule has 2 aromatic heterocycles. The summed E-state index contributed by atoms with van der Waals surface area (Å²) in [5.41, 5.74) is 2.62. The van der Waals surface area contributed by atoms with Crippen molar-refractivity contribution in [1.82, 2.24) is 19.5 Å². The first-order valence-electron chi connectivity index (χ1n) is 5.27. The van der Waals surface area contributed by atoms with E-state index in [0.29, 0.717) is 5.52 Å². The van der Waals surface area contributed by atoms with Crippen molar-refractivity contribution in [2.75, 3.05) is 0 Å². The average molecular weight is 225 g/mol. The van der Waals surface area contributed by atoms with Gasteiger partial charge >= 0.3 is 0 Å². The molecule has 0 aliphatic heterocycles. The molecule has 0 aliphatic carbocycles. The molecule has 3 aromatic rings. The van der Waals surface area contributed by atoms with E-state index >= 15 is 0 Å². The van der Waals surface area contributed by atoms with Crippen LogP contribution in [0.5, 0.6) is 0 Å². The fourth-order valence-electron chi connectivity index (χ4n) is 1.78. The number of hydrogen-bond donors (Lipinski definition) is 2. The number of imidazole rings is 1. The first-order valence-corrected chi connectivity index (χ1v) is 5.27. The second-order valence-electron chi connectivity index (χ2n) is 3.85. The minimum Gasteiger partial charge on any atom is -0.334 e. The van der Waals surface area contributed by atoms with Crippen LogP contribution in [0.2, 0.25) is 0 Å². The number of rotatable bonds is 1. The van der Waals surface area contributed by atoms with Crippen molar-refractivity contribution >= 4 is 11.2 Å². The molecule has 5 nitrogen and oxygen atoms in total. The molecule has 3 rings (SSSR count). The fourth-order valence-corrected chi connectivity index (χ4v) is 1.78. The molecule has 84 valence electrons. The minimum atomic E-state index is 0.216. The molecule has 0 saturated carbocycles. The van der Waals surface area contributed by atoms with E-state index in [-0.39, 0.29) is 5.49 Å². The molecule has 0 atom stereocenters. The summed E-state index contributed by atoms with van der Waals surface area (Å²) in [5, 5.41) is 7.74. The third-order valence-electron chi connectivity index (χ3n) is 2.66. The van der Waals surface area contributed by atoms with Crippen molar-refractivity contribution < 1.29 is 0 Å². The van der Waals surface area contributed by atoms with Gasteiger partial charge in [0.1, 0.15) is 11.3 Å². The van der Waals surface area contributed by atoms with Crippen molar-refractivity contribution in [1.29, 1.82) is 5.41 Å². The summed E-state index contributed by atoms with van der Waals surface area (Å²) in [5.74, 6) is 0.762. The highest BCUT2D eigenvalue weighted by molar-refractivity contribution is 5.74. The van der Waals surface area contributed by atoms with Gasteiger partial charge in [-0.25, -0.2) is 9.97 Å². The Morgan fingerprint density at radius 2 is 2.00 bits per heavy atom. The van der Waals surface area contributed by atoms with E-state index in [2.05, 4.69) is 15.0 Å². The second kappa shape index (κ2) is 3.55. The lowest BCUT2D eigenvalue weighted by Crippen LogP contribution is -2.10. The van der Waals surface area contributed by atoms with E-state index < -0.39 is 0 Å². The molecule has 0 bridgehead atoms. The van der Waals surface area contributed by atoms with Gasteiger partial charge in [0.15, 0.2) is 11.1 Å². The van der Waals surface area contributed by atoms with E-state index in [4.69, 9.17) is 5.41 Å². The lowest BCUT2D eigenvalue weighted by atomic mass is 10.2. The van der Waals surface area contributed by atoms with E-state index in [1.54, 1.807) is 10.9 Å². The zero-order valence-corrected chi connectivity index (χ0v) is 9.31. The van der Waals surface area contributed by atoms with Gasteiger partial charge in [0, 0.05) is 12.6 Å². The normalized spacial score (nSPS) is 10.9. The SMILES string of the molecule is Cn1cnc(=N)c2[nH]c(-c3ccccc3)nc21. The lowest BCUT2D eigenvalue weighted by Gasteiger charge is -1.95. The molecule has 0 radical (unpaired) electrons. The topological polar surface area (TPSA) is 70.3 Å². The highest BCUT2D eigenvalue weighted by Gasteiger charge is 2.08. The first kappa shape index (κ1) is 9.77. The third-order valence-corrected chi connectivity index (χ3v) is 2.66. The molecule has 0 fully saturated rings. The van der Waals surface area contributed by atoms with Crippen LogP contribution in [0.25, 0.3) is 22.6 Å². The number of aromatic amines is 1. The number of aromatic nitrogens is 4. The number of nitrogens with zero attached hydrogens (tertiary/aromatic N) is 3. The molecule has 0 spiro atoms. The van der Waals surface area contributed by atoms with Crippen LogP contribution in [0.3, 0.4) is 0 Å². The first-order chi connectivity index (χ1) is 8.25. The van der Waals surface area contributed by atoms with E-state index in [1.807, 2.05) is 37.4 Å². The predicted octanol–water partition coefficient (Wildman–Crippen LogP) is 1.44. The minimum absolute atomic E-state index is 0.216. The maximum Gasteiger partial charge on any atom is 0.173 e. The summed E-state index contributed by atoms with van der Waals surface area (Å²) in [7, 11) is 1.87. The Labute approximate surface area is 97.3 Å². The van der Waals surface area contributed by atoms with Gasteiger partial charge in [-0.05, 0) is 0 Å². The van der Waals surface area contributed by atoms with Crippen LogP contribution < -0.4 is 5.49 Å². The molecule has 2 N–H and O–H groups in total. The van der Waals surface area contributed by atoms with Crippen LogP contribution in [0, 0.1) is 5.41 Å². The van der Waals surface area contributed by atoms with Gasteiger partial charge in [0.05, 0.1) is 6.33 Å². The van der Waals surface area contributed by atoms with Crippen molar-refractivity contribution in [3.8, 4) is 11.4 Å². The Bertz CT molecular complexity index is 723. The van der Waals surface area contributed by atoms with Crippen LogP contribution in [0.15, 0.2) is 36.7 Å². The molecule has 1 aromatic carbocycles. The second-order valence-corrected chi connectivity index (χ2v) is 3.85. The molecular formula is C12H11N5. The summed E-state index contributed by atoms with van der Waals surface area (Å²) >= 11 is 0. The van der Waals surface area contributed by atoms with Crippen LogP contribution in [0.1, 0.15) is 0 Å². The lowest BCUT2D eigenvalue weighted by molar-refractivity contribution is 0.876. The van der Waals surface area contributed by atoms with Gasteiger partial charge in [0.2, 0.25) is 0 Å². The van der Waals surface area contributed by atoms with E-state index in [0.717, 1.165) is 17.0 Å². The molecule has 0 aliphatic rings. The summed E-state index contributed by atoms with van der Waals surface area (Å²) in [6.45, 7) is 0. The summed E-state index contributed by atoms with van der Waals surface area (Å²) in [4.78, 5) is 11.6. The maximum atomic E-state index is 7.74. The van der Waals surface area contributed by atoms with Gasteiger partial charge in [0.25, 0.3) is 0 Å². The molecule has 5 heteroatoms. The number of hydrogen-bond acceptors (Lipinski definition) is 3. The summed E-state index contributed by atoms with van der Waals surface area (Å²) in [6.07, 6.45) is 1.60. The highest BCUT2D eigenvalue weighted by Crippen LogP contribution is 2.17. The Morgan fingerprint density at radius 1 is 1.24 bits per heavy atom. The van der Waals surface area contributed by atoms with Gasteiger partial charge < -0.3 is 9.55 Å². The summed E-state index contributed by atoms with van der Waals surface area (Å²) in [6, 6.07) is 9.85. The standard InChI is InChI=1S/C12H11N5/c1-17-7-14-10(13)9-12(17)16-11(15-9)8-5-3-2-4-6-8/h2-7,13H,1H3,(H,15,16). The predicted molar refractivity (Wildman–Crippen MR) is 64.2 cm³/mol. The van der Waals surface area contributed by atoms with Gasteiger partial charge in [-0.3, -0.25) is 5.41 Å². The fraction of sp³-hybridized carbons (Fsp3) is 0.0833. The number of H-pyrrole nitrogens is 1. The number of fused-ring (bicyclic) bond motifs is 1. The molecule has 17 heavy (non-hydrogen) atoms. The van der Waals surface area contributed by atoms with E-state index in [1.165, 1.54) is 0 Å². The smallest absolute Gasteiger partial charge is 0.173 e. The zero-order chi connectivity index (χ0) is 11.8. The Balaban J connectivity index is 2.31. The summed E-state index contributed by atoms with van der Waals surface area (Å²) < 4.78 is 1.80. The van der Waals surface area contributed by atoms with E-state index in [9.17, 15) is 0 Å². The largest absolute Gasteiger partial charge is 0.334 e. The molecule has 0 unspecified atom stereocenters. The van der Waals surface area contributed by atoms with Crippen molar-refractivity contribution in [2.45, 2.75) is 0 Å². The third kappa shape index (κ3) is 1.52. The van der Waals surface area contributed by atoms with Gasteiger partial charge in [-0.15, -0.1) is 0 Å². The van der Waals surface area contributed by atoms with Crippen LogP contribution in [0.4, 0.5) is 0 Å². The number of nitrogens with one attached hydrogen (secondary N) is 2. The van der Waals surface area contributed by atoms with Crippen molar-refractivity contribution in [3.05, 3.63) is 42.1 Å². The van der Waals surface area contributed by atoms with Gasteiger partial charge in [-0.1, -0.05) is 30.3 Å². The monoisotopic (exact) mass is 225 g/mol. The Hall–Kier alpha value is -2.43. The maximum absolute atomic E-state index is 7.74. The highest BCUT2D eigenvalue weighted by atomic mass is 15.1. The molecule has 2 heterocycles. The van der Waals surface area contributed by atoms with Crippen LogP contribution >= 0.6 is 0 Å². The average Bonchev–Trinajstić information content (AvgIpc) is 2.81. The van der Waals surface area contributed by atoms with Crippen molar-refractivity contribution in [2.24, 2.45) is 7.05 Å². The Morgan fingerprint density at radius 3 is 2.71 bits per heavy atom. The Kier molecular flexibility index (Phi) is 2.04. The van der Waals surface area contributed by atoms with Crippen LogP contribution in [-0.2, 0) is 7.05 Å².